The van der Waals surface area contributed by atoms with Crippen LogP contribution in [0.5, 0.6) is 0 Å². The first kappa shape index (κ1) is 25.7. The number of sulfonamides is 1. The van der Waals surface area contributed by atoms with Crippen molar-refractivity contribution in [3.05, 3.63) is 97.4 Å². The van der Waals surface area contributed by atoms with Crippen LogP contribution in [-0.4, -0.2) is 31.4 Å². The van der Waals surface area contributed by atoms with Gasteiger partial charge in [-0.25, -0.2) is 13.8 Å². The maximum atomic E-state index is 13.3. The highest BCUT2D eigenvalue weighted by Crippen LogP contribution is 2.25. The van der Waals surface area contributed by atoms with Crippen molar-refractivity contribution in [3.8, 4) is 0 Å². The third kappa shape index (κ3) is 7.27. The fraction of sp³-hybridized carbons (Fsp3) is 0.0909. The Kier molecular flexibility index (Phi) is 8.92. The molecule has 3 aromatic carbocycles. The highest BCUT2D eigenvalue weighted by Gasteiger charge is 2.27. The molecule has 1 amide bonds. The van der Waals surface area contributed by atoms with Gasteiger partial charge in [0.05, 0.1) is 17.7 Å². The number of nitrogens with zero attached hydrogens (tertiary/aromatic N) is 2. The van der Waals surface area contributed by atoms with Gasteiger partial charge in [0, 0.05) is 26.1 Å². The van der Waals surface area contributed by atoms with Gasteiger partial charge in [-0.3, -0.25) is 4.79 Å². The van der Waals surface area contributed by atoms with Crippen molar-refractivity contribution < 1.29 is 13.2 Å². The summed E-state index contributed by atoms with van der Waals surface area (Å²) in [6.45, 7) is -0.621. The van der Waals surface area contributed by atoms with Crippen LogP contribution in [0.4, 0.5) is 0 Å². The molecule has 172 valence electrons. The SMILES string of the molecule is O=C(CN(Cc1ccc(Cl)cc1Cl)S(=O)(=O)c1ccc(Br)cc1)N/N=C/c1cccc(Cl)c1. The molecule has 0 aromatic heterocycles. The van der Waals surface area contributed by atoms with Gasteiger partial charge in [-0.1, -0.05) is 68.9 Å². The molecule has 6 nitrogen and oxygen atoms in total. The Balaban J connectivity index is 1.82. The number of nitrogens with one attached hydrogen (secondary N) is 1. The lowest BCUT2D eigenvalue weighted by molar-refractivity contribution is -0.121. The average molecular weight is 590 g/mol. The van der Waals surface area contributed by atoms with Crippen molar-refractivity contribution in [1.29, 1.82) is 0 Å². The Labute approximate surface area is 215 Å². The van der Waals surface area contributed by atoms with Crippen LogP contribution < -0.4 is 5.43 Å². The average Bonchev–Trinajstić information content (AvgIpc) is 2.75. The maximum absolute atomic E-state index is 13.3. The summed E-state index contributed by atoms with van der Waals surface area (Å²) in [5, 5.41) is 5.11. The van der Waals surface area contributed by atoms with Crippen LogP contribution >= 0.6 is 50.7 Å². The third-order valence-corrected chi connectivity index (χ3v) is 7.54. The zero-order chi connectivity index (χ0) is 24.0. The molecular formula is C22H17BrCl3N3O3S. The molecule has 0 saturated heterocycles. The number of amides is 1. The van der Waals surface area contributed by atoms with Crippen molar-refractivity contribution in [1.82, 2.24) is 9.73 Å². The van der Waals surface area contributed by atoms with E-state index in [0.717, 1.165) is 8.78 Å². The van der Waals surface area contributed by atoms with E-state index < -0.39 is 22.5 Å². The summed E-state index contributed by atoms with van der Waals surface area (Å²) in [5.41, 5.74) is 3.52. The van der Waals surface area contributed by atoms with Gasteiger partial charge < -0.3 is 0 Å². The minimum absolute atomic E-state index is 0.0333. The smallest absolute Gasteiger partial charge is 0.255 e. The molecule has 0 radical (unpaired) electrons. The lowest BCUT2D eigenvalue weighted by Gasteiger charge is -2.22. The molecule has 0 bridgehead atoms. The molecule has 0 unspecified atom stereocenters. The van der Waals surface area contributed by atoms with Crippen LogP contribution in [0.1, 0.15) is 11.1 Å². The molecular weight excluding hydrogens is 573 g/mol. The van der Waals surface area contributed by atoms with Crippen molar-refractivity contribution >= 4 is 72.9 Å². The number of halogens is 4. The Morgan fingerprint density at radius 1 is 1.00 bits per heavy atom. The topological polar surface area (TPSA) is 78.8 Å². The van der Waals surface area contributed by atoms with Crippen molar-refractivity contribution in [2.75, 3.05) is 6.54 Å². The molecule has 1 N–H and O–H groups in total. The van der Waals surface area contributed by atoms with Gasteiger partial charge in [-0.15, -0.1) is 0 Å². The van der Waals surface area contributed by atoms with Crippen LogP contribution in [-0.2, 0) is 21.4 Å². The van der Waals surface area contributed by atoms with Crippen molar-refractivity contribution in [3.63, 3.8) is 0 Å². The Morgan fingerprint density at radius 2 is 1.70 bits per heavy atom. The fourth-order valence-electron chi connectivity index (χ4n) is 2.78. The molecule has 0 aliphatic carbocycles. The van der Waals surface area contributed by atoms with E-state index in [-0.39, 0.29) is 16.5 Å². The maximum Gasteiger partial charge on any atom is 0.255 e. The van der Waals surface area contributed by atoms with E-state index in [9.17, 15) is 13.2 Å². The number of hydrazone groups is 1. The molecule has 0 spiro atoms. The molecule has 0 heterocycles. The second-order valence-corrected chi connectivity index (χ2v) is 10.9. The van der Waals surface area contributed by atoms with Gasteiger partial charge in [0.15, 0.2) is 0 Å². The van der Waals surface area contributed by atoms with Crippen molar-refractivity contribution in [2.24, 2.45) is 5.10 Å². The number of rotatable bonds is 8. The Hall–Kier alpha value is -1.94. The molecule has 33 heavy (non-hydrogen) atoms. The summed E-state index contributed by atoms with van der Waals surface area (Å²) in [4.78, 5) is 12.6. The van der Waals surface area contributed by atoms with Crippen LogP contribution in [0.3, 0.4) is 0 Å². The van der Waals surface area contributed by atoms with E-state index in [0.29, 0.717) is 21.2 Å². The number of hydrogen-bond donors (Lipinski definition) is 1. The first-order valence-electron chi connectivity index (χ1n) is 9.42. The van der Waals surface area contributed by atoms with Gasteiger partial charge in [0.1, 0.15) is 0 Å². The molecule has 0 fully saturated rings. The van der Waals surface area contributed by atoms with Crippen LogP contribution in [0.2, 0.25) is 15.1 Å². The molecule has 0 aliphatic heterocycles. The molecule has 0 saturated carbocycles. The zero-order valence-electron chi connectivity index (χ0n) is 16.9. The van der Waals surface area contributed by atoms with E-state index in [1.54, 1.807) is 48.5 Å². The minimum atomic E-state index is -4.03. The third-order valence-electron chi connectivity index (χ3n) is 4.38. The molecule has 3 rings (SSSR count). The predicted octanol–water partition coefficient (Wildman–Crippen LogP) is 5.75. The first-order valence-corrected chi connectivity index (χ1v) is 12.8. The van der Waals surface area contributed by atoms with Gasteiger partial charge in [-0.2, -0.15) is 9.41 Å². The summed E-state index contributed by atoms with van der Waals surface area (Å²) in [5.74, 6) is -0.626. The standard InChI is InChI=1S/C22H17BrCl3N3O3S/c23-17-5-8-20(9-6-17)33(31,32)29(13-16-4-7-19(25)11-21(16)26)14-22(30)28-27-12-15-2-1-3-18(24)10-15/h1-12H,13-14H2,(H,28,30)/b27-12+. The quantitative estimate of drug-likeness (QED) is 0.269. The second-order valence-electron chi connectivity index (χ2n) is 6.81. The summed E-state index contributed by atoms with van der Waals surface area (Å²) in [7, 11) is -4.03. The Morgan fingerprint density at radius 3 is 2.36 bits per heavy atom. The predicted molar refractivity (Wildman–Crippen MR) is 135 cm³/mol. The van der Waals surface area contributed by atoms with Crippen LogP contribution in [0.15, 0.2) is 81.2 Å². The molecule has 3 aromatic rings. The lowest BCUT2D eigenvalue weighted by Crippen LogP contribution is -2.39. The summed E-state index contributed by atoms with van der Waals surface area (Å²) in [6, 6.07) is 17.7. The summed E-state index contributed by atoms with van der Waals surface area (Å²) < 4.78 is 28.4. The number of carbonyl (C=O) groups is 1. The number of hydrogen-bond acceptors (Lipinski definition) is 4. The van der Waals surface area contributed by atoms with E-state index in [1.807, 2.05) is 0 Å². The van der Waals surface area contributed by atoms with E-state index >= 15 is 0 Å². The van der Waals surface area contributed by atoms with Gasteiger partial charge >= 0.3 is 0 Å². The van der Waals surface area contributed by atoms with Crippen molar-refractivity contribution in [2.45, 2.75) is 11.4 Å². The van der Waals surface area contributed by atoms with Crippen LogP contribution in [0.25, 0.3) is 0 Å². The largest absolute Gasteiger partial charge is 0.272 e. The number of carbonyl (C=O) groups excluding carboxylic acids is 1. The first-order chi connectivity index (χ1) is 15.6. The minimum Gasteiger partial charge on any atom is -0.272 e. The highest BCUT2D eigenvalue weighted by molar-refractivity contribution is 9.10. The molecule has 11 heteroatoms. The molecule has 0 atom stereocenters. The lowest BCUT2D eigenvalue weighted by atomic mass is 10.2. The van der Waals surface area contributed by atoms with Gasteiger partial charge in [0.25, 0.3) is 5.91 Å². The zero-order valence-corrected chi connectivity index (χ0v) is 21.6. The Bertz CT molecular complexity index is 1290. The van der Waals surface area contributed by atoms with Crippen LogP contribution in [0, 0.1) is 0 Å². The monoisotopic (exact) mass is 587 g/mol. The normalized spacial score (nSPS) is 11.8. The number of benzene rings is 3. The van der Waals surface area contributed by atoms with E-state index in [2.05, 4.69) is 26.5 Å². The van der Waals surface area contributed by atoms with Gasteiger partial charge in [-0.05, 0) is 59.7 Å². The highest BCUT2D eigenvalue weighted by atomic mass is 79.9. The second kappa shape index (κ2) is 11.5. The summed E-state index contributed by atoms with van der Waals surface area (Å²) in [6.07, 6.45) is 1.41. The molecule has 0 aliphatic rings. The summed E-state index contributed by atoms with van der Waals surface area (Å²) >= 11 is 21.4. The van der Waals surface area contributed by atoms with E-state index in [4.69, 9.17) is 34.8 Å². The fourth-order valence-corrected chi connectivity index (χ4v) is 5.09. The van der Waals surface area contributed by atoms with Gasteiger partial charge in [0.2, 0.25) is 10.0 Å². The van der Waals surface area contributed by atoms with E-state index in [1.165, 1.54) is 24.4 Å².